The fourth-order valence-corrected chi connectivity index (χ4v) is 6.25. The molecule has 0 N–H and O–H groups in total. The number of para-hydroxylation sites is 1. The van der Waals surface area contributed by atoms with Crippen molar-refractivity contribution < 1.29 is 13.2 Å². The predicted octanol–water partition coefficient (Wildman–Crippen LogP) is 4.12. The smallest absolute Gasteiger partial charge is 0.268 e. The molecule has 4 nitrogen and oxygen atoms in total. The summed E-state index contributed by atoms with van der Waals surface area (Å²) in [5.74, 6) is 0.0916. The topological polar surface area (TPSA) is 56.1 Å². The summed E-state index contributed by atoms with van der Waals surface area (Å²) in [5, 5.41) is 0.904. The minimum Gasteiger partial charge on any atom is -0.299 e. The van der Waals surface area contributed by atoms with Crippen molar-refractivity contribution in [2.45, 2.75) is 42.9 Å². The number of aromatic nitrogens is 1. The van der Waals surface area contributed by atoms with Gasteiger partial charge in [0.1, 0.15) is 5.78 Å². The van der Waals surface area contributed by atoms with Crippen LogP contribution in [-0.2, 0) is 14.8 Å². The molecule has 26 heavy (non-hydrogen) atoms. The lowest BCUT2D eigenvalue weighted by atomic mass is 9.68. The molecular formula is C21H19NO3S. The van der Waals surface area contributed by atoms with Gasteiger partial charge in [-0.05, 0) is 43.5 Å². The second kappa shape index (κ2) is 5.30. The Labute approximate surface area is 152 Å². The van der Waals surface area contributed by atoms with Crippen LogP contribution in [0.3, 0.4) is 0 Å². The van der Waals surface area contributed by atoms with Gasteiger partial charge in [-0.25, -0.2) is 12.4 Å². The van der Waals surface area contributed by atoms with Gasteiger partial charge in [-0.1, -0.05) is 35.9 Å². The molecule has 3 aliphatic carbocycles. The highest BCUT2D eigenvalue weighted by Gasteiger charge is 2.44. The van der Waals surface area contributed by atoms with Gasteiger partial charge in [0.05, 0.1) is 10.4 Å². The molecule has 0 spiro atoms. The van der Waals surface area contributed by atoms with Gasteiger partial charge in [-0.2, -0.15) is 0 Å². The minimum absolute atomic E-state index is 0.00452. The van der Waals surface area contributed by atoms with Crippen molar-refractivity contribution in [3.05, 3.63) is 65.4 Å². The van der Waals surface area contributed by atoms with Crippen molar-refractivity contribution in [1.82, 2.24) is 3.97 Å². The van der Waals surface area contributed by atoms with E-state index in [4.69, 9.17) is 0 Å². The van der Waals surface area contributed by atoms with Crippen LogP contribution in [0.4, 0.5) is 0 Å². The number of aryl methyl sites for hydroxylation is 1. The molecule has 1 aromatic heterocycles. The van der Waals surface area contributed by atoms with E-state index in [2.05, 4.69) is 0 Å². The Bertz CT molecular complexity index is 1160. The van der Waals surface area contributed by atoms with Crippen molar-refractivity contribution in [2.24, 2.45) is 0 Å². The molecule has 3 aliphatic rings. The first-order valence-electron chi connectivity index (χ1n) is 8.96. The molecule has 1 saturated carbocycles. The first kappa shape index (κ1) is 15.8. The van der Waals surface area contributed by atoms with Gasteiger partial charge >= 0.3 is 0 Å². The Morgan fingerprint density at radius 3 is 2.46 bits per heavy atom. The number of rotatable bonds is 2. The van der Waals surface area contributed by atoms with Crippen LogP contribution in [0.5, 0.6) is 0 Å². The Morgan fingerprint density at radius 2 is 1.73 bits per heavy atom. The van der Waals surface area contributed by atoms with Crippen LogP contribution in [0.25, 0.3) is 10.9 Å². The number of hydrogen-bond donors (Lipinski definition) is 0. The van der Waals surface area contributed by atoms with Crippen LogP contribution in [0.1, 0.15) is 47.9 Å². The van der Waals surface area contributed by atoms with Crippen LogP contribution >= 0.6 is 0 Å². The molecule has 1 heterocycles. The molecule has 1 fully saturated rings. The molecule has 132 valence electrons. The Morgan fingerprint density at radius 1 is 1.00 bits per heavy atom. The number of hydrogen-bond acceptors (Lipinski definition) is 3. The largest absolute Gasteiger partial charge is 0.299 e. The SMILES string of the molecule is Cc1ccc(S(=O)(=O)n2c3c(c4ccccc42)C2CCC3CC2=O)cc1. The van der Waals surface area contributed by atoms with Crippen molar-refractivity contribution in [3.63, 3.8) is 0 Å². The lowest BCUT2D eigenvalue weighted by Crippen LogP contribution is -2.32. The van der Waals surface area contributed by atoms with Gasteiger partial charge < -0.3 is 0 Å². The van der Waals surface area contributed by atoms with E-state index in [1.807, 2.05) is 43.3 Å². The maximum Gasteiger partial charge on any atom is 0.268 e. The molecule has 0 saturated heterocycles. The zero-order chi connectivity index (χ0) is 18.1. The van der Waals surface area contributed by atoms with Crippen molar-refractivity contribution in [3.8, 4) is 0 Å². The summed E-state index contributed by atoms with van der Waals surface area (Å²) in [5.41, 5.74) is 3.49. The van der Waals surface area contributed by atoms with Crippen LogP contribution in [0, 0.1) is 6.92 Å². The van der Waals surface area contributed by atoms with E-state index in [0.717, 1.165) is 35.0 Å². The monoisotopic (exact) mass is 365 g/mol. The molecule has 3 aromatic rings. The highest BCUT2D eigenvalue weighted by atomic mass is 32.2. The summed E-state index contributed by atoms with van der Waals surface area (Å²) in [4.78, 5) is 12.8. The van der Waals surface area contributed by atoms with Crippen LogP contribution in [-0.4, -0.2) is 18.2 Å². The summed E-state index contributed by atoms with van der Waals surface area (Å²) in [6, 6.07) is 14.5. The van der Waals surface area contributed by atoms with Gasteiger partial charge in [-0.3, -0.25) is 4.79 Å². The maximum absolute atomic E-state index is 13.5. The van der Waals surface area contributed by atoms with Gasteiger partial charge in [0.2, 0.25) is 0 Å². The maximum atomic E-state index is 13.5. The molecule has 2 unspecified atom stereocenters. The zero-order valence-corrected chi connectivity index (χ0v) is 15.3. The van der Waals surface area contributed by atoms with E-state index < -0.39 is 10.0 Å². The Balaban J connectivity index is 1.86. The average molecular weight is 365 g/mol. The number of fused-ring (bicyclic) bond motifs is 3. The summed E-state index contributed by atoms with van der Waals surface area (Å²) >= 11 is 0. The van der Waals surface area contributed by atoms with E-state index >= 15 is 0 Å². The number of carbonyl (C=O) groups is 1. The summed E-state index contributed by atoms with van der Waals surface area (Å²) in [6.45, 7) is 1.94. The third kappa shape index (κ3) is 2.01. The first-order chi connectivity index (χ1) is 12.5. The molecule has 0 aliphatic heterocycles. The van der Waals surface area contributed by atoms with Crippen molar-refractivity contribution in [2.75, 3.05) is 0 Å². The Hall–Kier alpha value is -2.40. The van der Waals surface area contributed by atoms with Crippen LogP contribution < -0.4 is 0 Å². The van der Waals surface area contributed by atoms with E-state index in [1.165, 1.54) is 3.97 Å². The summed E-state index contributed by atoms with van der Waals surface area (Å²) < 4.78 is 28.6. The fourth-order valence-electron chi connectivity index (χ4n) is 4.64. The third-order valence-corrected chi connectivity index (χ3v) is 7.58. The van der Waals surface area contributed by atoms with E-state index in [9.17, 15) is 13.2 Å². The summed E-state index contributed by atoms with van der Waals surface area (Å²) in [7, 11) is -3.72. The normalized spacial score (nSPS) is 22.0. The molecule has 2 aromatic carbocycles. The molecule has 0 amide bonds. The first-order valence-corrected chi connectivity index (χ1v) is 10.4. The van der Waals surface area contributed by atoms with E-state index in [-0.39, 0.29) is 17.6 Å². The van der Waals surface area contributed by atoms with Gasteiger partial charge in [0.25, 0.3) is 10.0 Å². The number of benzene rings is 2. The lowest BCUT2D eigenvalue weighted by molar-refractivity contribution is -0.123. The third-order valence-electron chi connectivity index (χ3n) is 5.84. The van der Waals surface area contributed by atoms with Crippen molar-refractivity contribution in [1.29, 1.82) is 0 Å². The Kier molecular flexibility index (Phi) is 3.23. The van der Waals surface area contributed by atoms with Crippen molar-refractivity contribution >= 4 is 26.7 Å². The number of ketones is 1. The van der Waals surface area contributed by atoms with Crippen LogP contribution in [0.2, 0.25) is 0 Å². The van der Waals surface area contributed by atoms with Crippen LogP contribution in [0.15, 0.2) is 53.4 Å². The highest BCUT2D eigenvalue weighted by Crippen LogP contribution is 2.52. The predicted molar refractivity (Wildman–Crippen MR) is 100 cm³/mol. The van der Waals surface area contributed by atoms with Gasteiger partial charge in [0.15, 0.2) is 0 Å². The molecule has 2 bridgehead atoms. The molecule has 6 rings (SSSR count). The quantitative estimate of drug-likeness (QED) is 0.686. The average Bonchev–Trinajstić information content (AvgIpc) is 3.00. The fraction of sp³-hybridized carbons (Fsp3) is 0.286. The number of nitrogens with zero attached hydrogens (tertiary/aromatic N) is 1. The lowest BCUT2D eigenvalue weighted by Gasteiger charge is -2.36. The molecular weight excluding hydrogens is 346 g/mol. The number of carbonyl (C=O) groups excluding carboxylic acids is 1. The van der Waals surface area contributed by atoms with E-state index in [0.29, 0.717) is 16.8 Å². The number of Topliss-reactive ketones (excluding diaryl/α,β-unsaturated/α-hetero) is 1. The van der Waals surface area contributed by atoms with Gasteiger partial charge in [-0.15, -0.1) is 0 Å². The zero-order valence-electron chi connectivity index (χ0n) is 14.5. The second-order valence-corrected chi connectivity index (χ2v) is 9.18. The second-order valence-electron chi connectivity index (χ2n) is 7.40. The molecule has 2 atom stereocenters. The van der Waals surface area contributed by atoms with Gasteiger partial charge in [0, 0.05) is 29.3 Å². The minimum atomic E-state index is -3.72. The molecule has 5 heteroatoms. The standard InChI is InChI=1S/C21H19NO3S/c1-13-6-9-15(10-7-13)26(24,25)22-18-5-3-2-4-16(18)20-17-11-8-14(21(20)22)12-19(17)23/h2-7,9-10,14,17H,8,11-12H2,1H3. The van der Waals surface area contributed by atoms with E-state index in [1.54, 1.807) is 12.1 Å². The highest BCUT2D eigenvalue weighted by molar-refractivity contribution is 7.90. The molecule has 0 radical (unpaired) electrons. The summed E-state index contributed by atoms with van der Waals surface area (Å²) in [6.07, 6.45) is 2.16.